The lowest BCUT2D eigenvalue weighted by Crippen LogP contribution is -2.27. The van der Waals surface area contributed by atoms with E-state index in [0.717, 1.165) is 12.1 Å². The molecule has 1 atom stereocenters. The van der Waals surface area contributed by atoms with E-state index in [4.69, 9.17) is 11.6 Å². The van der Waals surface area contributed by atoms with E-state index in [1.165, 1.54) is 24.4 Å². The standard InChI is InChI=1S/C20H16ClF3N4O/c1-2-17(29)27-8-7-15(11-27)28-19-16(9-14(21)10-25-19)18(26-28)12-3-5-13(6-4-12)20(22,23)24/h2-6,9-10,15H,1,7-8,11H2. The summed E-state index contributed by atoms with van der Waals surface area (Å²) in [5.74, 6) is -0.150. The summed E-state index contributed by atoms with van der Waals surface area (Å²) in [4.78, 5) is 18.0. The summed E-state index contributed by atoms with van der Waals surface area (Å²) >= 11 is 6.10. The summed E-state index contributed by atoms with van der Waals surface area (Å²) in [7, 11) is 0. The number of amides is 1. The van der Waals surface area contributed by atoms with Crippen molar-refractivity contribution in [1.29, 1.82) is 0 Å². The van der Waals surface area contributed by atoms with Crippen LogP contribution in [0.1, 0.15) is 18.0 Å². The van der Waals surface area contributed by atoms with E-state index >= 15 is 0 Å². The number of aromatic nitrogens is 3. The molecule has 1 amide bonds. The van der Waals surface area contributed by atoms with Crippen LogP contribution in [0.3, 0.4) is 0 Å². The van der Waals surface area contributed by atoms with Gasteiger partial charge < -0.3 is 4.90 Å². The Labute approximate surface area is 169 Å². The molecule has 0 radical (unpaired) electrons. The first-order chi connectivity index (χ1) is 13.8. The second kappa shape index (κ2) is 7.18. The Kier molecular flexibility index (Phi) is 4.82. The maximum Gasteiger partial charge on any atom is 0.416 e. The summed E-state index contributed by atoms with van der Waals surface area (Å²) in [6, 6.07) is 6.42. The molecule has 1 unspecified atom stereocenters. The fraction of sp³-hybridized carbons (Fsp3) is 0.250. The zero-order chi connectivity index (χ0) is 20.8. The molecule has 0 N–H and O–H groups in total. The van der Waals surface area contributed by atoms with E-state index in [2.05, 4.69) is 16.7 Å². The molecule has 0 bridgehead atoms. The zero-order valence-electron chi connectivity index (χ0n) is 15.2. The van der Waals surface area contributed by atoms with Crippen molar-refractivity contribution >= 4 is 28.5 Å². The van der Waals surface area contributed by atoms with Gasteiger partial charge in [0.1, 0.15) is 5.69 Å². The van der Waals surface area contributed by atoms with E-state index in [1.807, 2.05) is 0 Å². The number of alkyl halides is 3. The van der Waals surface area contributed by atoms with Crippen LogP contribution in [0.4, 0.5) is 13.2 Å². The SMILES string of the molecule is C=CC(=O)N1CCC(n2nc(-c3ccc(C(F)(F)F)cc3)c3cc(Cl)cnc32)C1. The highest BCUT2D eigenvalue weighted by atomic mass is 35.5. The number of halogens is 4. The van der Waals surface area contributed by atoms with Crippen LogP contribution in [0.2, 0.25) is 5.02 Å². The van der Waals surface area contributed by atoms with Crippen molar-refractivity contribution < 1.29 is 18.0 Å². The predicted octanol–water partition coefficient (Wildman–Crippen LogP) is 4.73. The second-order valence-electron chi connectivity index (χ2n) is 6.82. The Morgan fingerprint density at radius 1 is 1.28 bits per heavy atom. The molecule has 1 aromatic carbocycles. The molecule has 2 aromatic heterocycles. The number of pyridine rings is 1. The molecule has 29 heavy (non-hydrogen) atoms. The number of carbonyl (C=O) groups is 1. The Morgan fingerprint density at radius 3 is 2.66 bits per heavy atom. The Morgan fingerprint density at radius 2 is 2.00 bits per heavy atom. The fourth-order valence-electron chi connectivity index (χ4n) is 3.55. The average Bonchev–Trinajstić information content (AvgIpc) is 3.31. The van der Waals surface area contributed by atoms with E-state index in [-0.39, 0.29) is 11.9 Å². The predicted molar refractivity (Wildman–Crippen MR) is 103 cm³/mol. The smallest absolute Gasteiger partial charge is 0.337 e. The zero-order valence-corrected chi connectivity index (χ0v) is 15.9. The molecule has 1 fully saturated rings. The molecule has 1 aliphatic heterocycles. The summed E-state index contributed by atoms with van der Waals surface area (Å²) in [6.45, 7) is 4.54. The summed E-state index contributed by atoms with van der Waals surface area (Å²) < 4.78 is 40.4. The average molecular weight is 421 g/mol. The van der Waals surface area contributed by atoms with Gasteiger partial charge in [0.2, 0.25) is 5.91 Å². The van der Waals surface area contributed by atoms with Crippen LogP contribution in [0.5, 0.6) is 0 Å². The summed E-state index contributed by atoms with van der Waals surface area (Å²) in [5, 5.41) is 5.69. The van der Waals surface area contributed by atoms with Gasteiger partial charge in [0.15, 0.2) is 5.65 Å². The van der Waals surface area contributed by atoms with Gasteiger partial charge in [-0.05, 0) is 30.7 Å². The number of hydrogen-bond donors (Lipinski definition) is 0. The van der Waals surface area contributed by atoms with Crippen molar-refractivity contribution in [3.8, 4) is 11.3 Å². The first-order valence-electron chi connectivity index (χ1n) is 8.90. The topological polar surface area (TPSA) is 51.0 Å². The van der Waals surface area contributed by atoms with E-state index in [0.29, 0.717) is 46.8 Å². The van der Waals surface area contributed by atoms with Crippen molar-refractivity contribution in [3.63, 3.8) is 0 Å². The van der Waals surface area contributed by atoms with E-state index in [9.17, 15) is 18.0 Å². The lowest BCUT2D eigenvalue weighted by Gasteiger charge is -2.14. The molecule has 9 heteroatoms. The minimum atomic E-state index is -4.41. The van der Waals surface area contributed by atoms with Crippen molar-refractivity contribution in [3.05, 3.63) is 59.8 Å². The number of hydrogen-bond acceptors (Lipinski definition) is 3. The van der Waals surface area contributed by atoms with Gasteiger partial charge >= 0.3 is 6.18 Å². The third-order valence-corrected chi connectivity index (χ3v) is 5.20. The Bertz CT molecular complexity index is 1090. The number of fused-ring (bicyclic) bond motifs is 1. The van der Waals surface area contributed by atoms with Gasteiger partial charge in [-0.25, -0.2) is 9.67 Å². The summed E-state index contributed by atoms with van der Waals surface area (Å²) in [5.41, 5.74) is 0.873. The highest BCUT2D eigenvalue weighted by molar-refractivity contribution is 6.31. The fourth-order valence-corrected chi connectivity index (χ4v) is 3.71. The quantitative estimate of drug-likeness (QED) is 0.575. The van der Waals surface area contributed by atoms with Crippen molar-refractivity contribution in [2.75, 3.05) is 13.1 Å². The first-order valence-corrected chi connectivity index (χ1v) is 9.28. The van der Waals surface area contributed by atoms with Gasteiger partial charge in [-0.3, -0.25) is 4.79 Å². The van der Waals surface area contributed by atoms with Crippen LogP contribution in [0.25, 0.3) is 22.3 Å². The van der Waals surface area contributed by atoms with E-state index < -0.39 is 11.7 Å². The number of likely N-dealkylation sites (tertiary alicyclic amines) is 1. The van der Waals surface area contributed by atoms with Crippen LogP contribution < -0.4 is 0 Å². The molecule has 5 nitrogen and oxygen atoms in total. The van der Waals surface area contributed by atoms with E-state index in [1.54, 1.807) is 15.6 Å². The number of rotatable bonds is 3. The molecule has 1 saturated heterocycles. The highest BCUT2D eigenvalue weighted by Gasteiger charge is 2.31. The first kappa shape index (κ1) is 19.4. The molecule has 0 spiro atoms. The third-order valence-electron chi connectivity index (χ3n) is 4.99. The van der Waals surface area contributed by atoms with Crippen molar-refractivity contribution in [2.24, 2.45) is 0 Å². The van der Waals surface area contributed by atoms with Gasteiger partial charge in [-0.1, -0.05) is 30.3 Å². The van der Waals surface area contributed by atoms with Gasteiger partial charge in [-0.15, -0.1) is 0 Å². The van der Waals surface area contributed by atoms with Crippen LogP contribution in [0.15, 0.2) is 49.2 Å². The summed E-state index contributed by atoms with van der Waals surface area (Å²) in [6.07, 6.45) is -0.946. The highest BCUT2D eigenvalue weighted by Crippen LogP contribution is 2.35. The minimum absolute atomic E-state index is 0.0988. The monoisotopic (exact) mass is 420 g/mol. The molecule has 3 heterocycles. The third kappa shape index (κ3) is 3.60. The molecule has 150 valence electrons. The van der Waals surface area contributed by atoms with Crippen LogP contribution in [-0.4, -0.2) is 38.7 Å². The largest absolute Gasteiger partial charge is 0.416 e. The molecule has 0 aliphatic carbocycles. The normalized spacial score (nSPS) is 17.1. The van der Waals surface area contributed by atoms with Crippen molar-refractivity contribution in [2.45, 2.75) is 18.6 Å². The van der Waals surface area contributed by atoms with Crippen LogP contribution in [-0.2, 0) is 11.0 Å². The van der Waals surface area contributed by atoms with Gasteiger partial charge in [0, 0.05) is 30.2 Å². The van der Waals surface area contributed by atoms with Gasteiger partial charge in [0.05, 0.1) is 16.6 Å². The van der Waals surface area contributed by atoms with Crippen molar-refractivity contribution in [1.82, 2.24) is 19.7 Å². The number of nitrogens with zero attached hydrogens (tertiary/aromatic N) is 4. The lowest BCUT2D eigenvalue weighted by molar-refractivity contribution is -0.137. The Balaban J connectivity index is 1.77. The Hall–Kier alpha value is -2.87. The molecular formula is C20H16ClF3N4O. The lowest BCUT2D eigenvalue weighted by atomic mass is 10.1. The molecular weight excluding hydrogens is 405 g/mol. The van der Waals surface area contributed by atoms with Crippen LogP contribution >= 0.6 is 11.6 Å². The van der Waals surface area contributed by atoms with Gasteiger partial charge in [-0.2, -0.15) is 18.3 Å². The minimum Gasteiger partial charge on any atom is -0.337 e. The molecule has 0 saturated carbocycles. The maximum atomic E-state index is 12.9. The van der Waals surface area contributed by atoms with Gasteiger partial charge in [0.25, 0.3) is 0 Å². The molecule has 3 aromatic rings. The second-order valence-corrected chi connectivity index (χ2v) is 7.26. The maximum absolute atomic E-state index is 12.9. The number of benzene rings is 1. The molecule has 1 aliphatic rings. The molecule has 4 rings (SSSR count). The van der Waals surface area contributed by atoms with Crippen LogP contribution in [0, 0.1) is 0 Å². The number of carbonyl (C=O) groups excluding carboxylic acids is 1.